The van der Waals surface area contributed by atoms with Crippen LogP contribution in [0.2, 0.25) is 0 Å². The number of aromatic nitrogens is 4. The van der Waals surface area contributed by atoms with E-state index in [4.69, 9.17) is 10.5 Å². The lowest BCUT2D eigenvalue weighted by Crippen LogP contribution is -2.10. The predicted octanol–water partition coefficient (Wildman–Crippen LogP) is 2.15. The third-order valence-corrected chi connectivity index (χ3v) is 3.04. The molecule has 20 heavy (non-hydrogen) atoms. The summed E-state index contributed by atoms with van der Waals surface area (Å²) in [5, 5.41) is 4.13. The molecule has 0 aliphatic rings. The molecule has 1 atom stereocenters. The highest BCUT2D eigenvalue weighted by Crippen LogP contribution is 2.22. The van der Waals surface area contributed by atoms with Crippen LogP contribution in [0.4, 0.5) is 5.95 Å². The largest absolute Gasteiger partial charge is 0.484 e. The monoisotopic (exact) mass is 269 g/mol. The number of benzene rings is 1. The molecule has 6 nitrogen and oxygen atoms in total. The Hall–Kier alpha value is -2.63. The van der Waals surface area contributed by atoms with Crippen molar-refractivity contribution in [3.63, 3.8) is 0 Å². The van der Waals surface area contributed by atoms with Crippen LogP contribution in [0.1, 0.15) is 24.3 Å². The maximum atomic E-state index is 5.92. The molecule has 1 aromatic carbocycles. The Kier molecular flexibility index (Phi) is 2.98. The third-order valence-electron chi connectivity index (χ3n) is 3.04. The van der Waals surface area contributed by atoms with Crippen LogP contribution in [0.5, 0.6) is 5.75 Å². The summed E-state index contributed by atoms with van der Waals surface area (Å²) < 4.78 is 7.52. The standard InChI is InChI=1S/C14H15N5O/c1-9-3-5-11(6-4-9)20-10(2)12-7-8-16-14-17-13(15)18-19(12)14/h3-8,10H,1-2H3,(H2,15,18). The molecule has 2 heterocycles. The summed E-state index contributed by atoms with van der Waals surface area (Å²) in [6, 6.07) is 9.76. The highest BCUT2D eigenvalue weighted by atomic mass is 16.5. The highest BCUT2D eigenvalue weighted by Gasteiger charge is 2.14. The van der Waals surface area contributed by atoms with Crippen LogP contribution < -0.4 is 10.5 Å². The van der Waals surface area contributed by atoms with Crippen molar-refractivity contribution in [3.05, 3.63) is 47.8 Å². The molecule has 0 amide bonds. The summed E-state index contributed by atoms with van der Waals surface area (Å²) in [6.07, 6.45) is 1.48. The maximum Gasteiger partial charge on any atom is 0.254 e. The summed E-state index contributed by atoms with van der Waals surface area (Å²) in [5.41, 5.74) is 7.65. The number of anilines is 1. The summed E-state index contributed by atoms with van der Waals surface area (Å²) >= 11 is 0. The quantitative estimate of drug-likeness (QED) is 0.788. The van der Waals surface area contributed by atoms with Gasteiger partial charge in [0.05, 0.1) is 5.69 Å². The molecule has 0 saturated heterocycles. The Balaban J connectivity index is 1.92. The van der Waals surface area contributed by atoms with E-state index in [0.717, 1.165) is 11.4 Å². The number of ether oxygens (including phenoxy) is 1. The number of nitrogen functional groups attached to an aromatic ring is 1. The Labute approximate surface area is 116 Å². The van der Waals surface area contributed by atoms with E-state index in [2.05, 4.69) is 15.1 Å². The van der Waals surface area contributed by atoms with Gasteiger partial charge in [0.1, 0.15) is 11.9 Å². The number of fused-ring (bicyclic) bond motifs is 1. The summed E-state index contributed by atoms with van der Waals surface area (Å²) in [6.45, 7) is 3.99. The molecule has 1 unspecified atom stereocenters. The molecule has 0 aliphatic heterocycles. The smallest absolute Gasteiger partial charge is 0.254 e. The number of hydrogen-bond acceptors (Lipinski definition) is 5. The lowest BCUT2D eigenvalue weighted by Gasteiger charge is -2.15. The second-order valence-electron chi connectivity index (χ2n) is 4.62. The molecule has 6 heteroatoms. The van der Waals surface area contributed by atoms with Crippen molar-refractivity contribution in [2.24, 2.45) is 0 Å². The minimum absolute atomic E-state index is 0.190. The molecule has 0 fully saturated rings. The molecular weight excluding hydrogens is 254 g/mol. The van der Waals surface area contributed by atoms with E-state index in [9.17, 15) is 0 Å². The molecular formula is C14H15N5O. The molecule has 3 aromatic rings. The van der Waals surface area contributed by atoms with Gasteiger partial charge in [0, 0.05) is 6.20 Å². The topological polar surface area (TPSA) is 78.3 Å². The highest BCUT2D eigenvalue weighted by molar-refractivity contribution is 5.35. The fraction of sp³-hybridized carbons (Fsp3) is 0.214. The van der Waals surface area contributed by atoms with Gasteiger partial charge in [-0.15, -0.1) is 5.10 Å². The van der Waals surface area contributed by atoms with E-state index in [1.807, 2.05) is 44.2 Å². The second kappa shape index (κ2) is 4.80. The third kappa shape index (κ3) is 2.27. The zero-order valence-electron chi connectivity index (χ0n) is 11.3. The van der Waals surface area contributed by atoms with Crippen molar-refractivity contribution in [2.75, 3.05) is 5.73 Å². The van der Waals surface area contributed by atoms with Crippen molar-refractivity contribution in [1.82, 2.24) is 19.6 Å². The zero-order chi connectivity index (χ0) is 14.1. The van der Waals surface area contributed by atoms with Crippen LogP contribution in [-0.2, 0) is 0 Å². The van der Waals surface area contributed by atoms with Gasteiger partial charge >= 0.3 is 0 Å². The van der Waals surface area contributed by atoms with Gasteiger partial charge in [-0.1, -0.05) is 17.7 Å². The first-order valence-corrected chi connectivity index (χ1v) is 6.34. The first-order chi connectivity index (χ1) is 9.63. The van der Waals surface area contributed by atoms with Gasteiger partial charge < -0.3 is 10.5 Å². The Morgan fingerprint density at radius 1 is 1.20 bits per heavy atom. The van der Waals surface area contributed by atoms with Gasteiger partial charge in [-0.05, 0) is 32.0 Å². The molecule has 2 N–H and O–H groups in total. The molecule has 102 valence electrons. The van der Waals surface area contributed by atoms with Crippen LogP contribution in [0.15, 0.2) is 36.5 Å². The molecule has 0 bridgehead atoms. The lowest BCUT2D eigenvalue weighted by molar-refractivity contribution is 0.218. The second-order valence-corrected chi connectivity index (χ2v) is 4.62. The minimum Gasteiger partial charge on any atom is -0.484 e. The van der Waals surface area contributed by atoms with Gasteiger partial charge in [-0.3, -0.25) is 0 Å². The molecule has 2 aromatic heterocycles. The van der Waals surface area contributed by atoms with E-state index in [-0.39, 0.29) is 12.1 Å². The number of nitrogens with zero attached hydrogens (tertiary/aromatic N) is 4. The molecule has 0 aliphatic carbocycles. The van der Waals surface area contributed by atoms with E-state index < -0.39 is 0 Å². The number of aryl methyl sites for hydroxylation is 1. The lowest BCUT2D eigenvalue weighted by atomic mass is 10.2. The normalized spacial score (nSPS) is 12.5. The van der Waals surface area contributed by atoms with Crippen molar-refractivity contribution < 1.29 is 4.74 Å². The summed E-state index contributed by atoms with van der Waals surface area (Å²) in [7, 11) is 0. The van der Waals surface area contributed by atoms with Crippen LogP contribution in [0.3, 0.4) is 0 Å². The predicted molar refractivity (Wildman–Crippen MR) is 75.4 cm³/mol. The van der Waals surface area contributed by atoms with Crippen LogP contribution >= 0.6 is 0 Å². The number of hydrogen-bond donors (Lipinski definition) is 1. The molecule has 0 saturated carbocycles. The van der Waals surface area contributed by atoms with Gasteiger partial charge in [0.25, 0.3) is 5.78 Å². The maximum absolute atomic E-state index is 5.92. The van der Waals surface area contributed by atoms with Crippen LogP contribution in [-0.4, -0.2) is 19.6 Å². The van der Waals surface area contributed by atoms with Gasteiger partial charge in [-0.25, -0.2) is 4.98 Å². The number of nitrogens with two attached hydrogens (primary N) is 1. The number of rotatable bonds is 3. The fourth-order valence-corrected chi connectivity index (χ4v) is 2.02. The van der Waals surface area contributed by atoms with Crippen molar-refractivity contribution >= 4 is 11.7 Å². The van der Waals surface area contributed by atoms with E-state index >= 15 is 0 Å². The Bertz CT molecular complexity index is 735. The summed E-state index contributed by atoms with van der Waals surface area (Å²) in [4.78, 5) is 8.16. The first kappa shape index (κ1) is 12.4. The minimum atomic E-state index is -0.190. The zero-order valence-corrected chi connectivity index (χ0v) is 11.3. The van der Waals surface area contributed by atoms with Crippen LogP contribution in [0.25, 0.3) is 5.78 Å². The van der Waals surface area contributed by atoms with E-state index in [1.54, 1.807) is 10.7 Å². The average molecular weight is 269 g/mol. The first-order valence-electron chi connectivity index (χ1n) is 6.34. The van der Waals surface area contributed by atoms with Gasteiger partial charge in [-0.2, -0.15) is 9.50 Å². The van der Waals surface area contributed by atoms with Crippen LogP contribution in [0, 0.1) is 6.92 Å². The SMILES string of the molecule is Cc1ccc(OC(C)c2ccnc3nc(N)nn23)cc1. The fourth-order valence-electron chi connectivity index (χ4n) is 2.02. The van der Waals surface area contributed by atoms with Crippen molar-refractivity contribution in [3.8, 4) is 5.75 Å². The van der Waals surface area contributed by atoms with Crippen molar-refractivity contribution in [2.45, 2.75) is 20.0 Å². The molecule has 3 rings (SSSR count). The Morgan fingerprint density at radius 2 is 1.95 bits per heavy atom. The average Bonchev–Trinajstić information content (AvgIpc) is 2.81. The van der Waals surface area contributed by atoms with E-state index in [1.165, 1.54) is 5.56 Å². The van der Waals surface area contributed by atoms with Crippen molar-refractivity contribution in [1.29, 1.82) is 0 Å². The van der Waals surface area contributed by atoms with E-state index in [0.29, 0.717) is 5.78 Å². The molecule has 0 radical (unpaired) electrons. The van der Waals surface area contributed by atoms with Gasteiger partial charge in [0.2, 0.25) is 5.95 Å². The summed E-state index contributed by atoms with van der Waals surface area (Å²) in [5.74, 6) is 1.48. The molecule has 0 spiro atoms. The Morgan fingerprint density at radius 3 is 2.70 bits per heavy atom. The van der Waals surface area contributed by atoms with Gasteiger partial charge in [0.15, 0.2) is 0 Å².